The molecule has 1 aromatic heterocycles. The van der Waals surface area contributed by atoms with Gasteiger partial charge in [0.15, 0.2) is 0 Å². The lowest BCUT2D eigenvalue weighted by atomic mass is 10.2. The molecule has 1 aromatic carbocycles. The van der Waals surface area contributed by atoms with Crippen LogP contribution in [0.4, 0.5) is 5.69 Å². The van der Waals surface area contributed by atoms with Crippen molar-refractivity contribution < 1.29 is 9.53 Å². The Morgan fingerprint density at radius 1 is 1.22 bits per heavy atom. The summed E-state index contributed by atoms with van der Waals surface area (Å²) < 4.78 is 5.60. The van der Waals surface area contributed by atoms with Crippen molar-refractivity contribution in [2.24, 2.45) is 0 Å². The Hall–Kier alpha value is -2.36. The third-order valence-corrected chi connectivity index (χ3v) is 2.30. The van der Waals surface area contributed by atoms with E-state index in [2.05, 4.69) is 10.3 Å². The van der Waals surface area contributed by atoms with Crippen LogP contribution in [0.25, 0.3) is 0 Å². The number of pyridine rings is 1. The molecule has 1 amide bonds. The van der Waals surface area contributed by atoms with Gasteiger partial charge < -0.3 is 10.1 Å². The van der Waals surface area contributed by atoms with Gasteiger partial charge in [-0.15, -0.1) is 0 Å². The summed E-state index contributed by atoms with van der Waals surface area (Å²) in [6.07, 6.45) is 1.63. The molecule has 18 heavy (non-hydrogen) atoms. The van der Waals surface area contributed by atoms with Crippen LogP contribution in [-0.2, 0) is 11.4 Å². The first kappa shape index (κ1) is 12.1. The van der Waals surface area contributed by atoms with Crippen molar-refractivity contribution in [3.05, 3.63) is 54.2 Å². The number of aromatic nitrogens is 1. The van der Waals surface area contributed by atoms with Gasteiger partial charge in [-0.05, 0) is 17.7 Å². The van der Waals surface area contributed by atoms with Crippen molar-refractivity contribution >= 4 is 11.6 Å². The lowest BCUT2D eigenvalue weighted by Crippen LogP contribution is -2.08. The Morgan fingerprint density at radius 3 is 2.72 bits per heavy atom. The largest absolute Gasteiger partial charge is 0.471 e. The van der Waals surface area contributed by atoms with Crippen molar-refractivity contribution in [2.45, 2.75) is 13.5 Å². The smallest absolute Gasteiger partial charge is 0.238 e. The number of ether oxygens (including phenoxy) is 1. The van der Waals surface area contributed by atoms with Crippen molar-refractivity contribution in [1.29, 1.82) is 0 Å². The fourth-order valence-electron chi connectivity index (χ4n) is 1.52. The number of nitrogens with zero attached hydrogens (tertiary/aromatic N) is 1. The fraction of sp³-hybridized carbons (Fsp3) is 0.143. The van der Waals surface area contributed by atoms with E-state index in [1.807, 2.05) is 30.3 Å². The summed E-state index contributed by atoms with van der Waals surface area (Å²) in [5.41, 5.74) is 1.64. The monoisotopic (exact) mass is 242 g/mol. The Morgan fingerprint density at radius 2 is 2.00 bits per heavy atom. The molecule has 0 atom stereocenters. The summed E-state index contributed by atoms with van der Waals surface area (Å²) in [6.45, 7) is 1.87. The standard InChI is InChI=1S/C14H14N2O2/c1-11(17)16-13-8-5-9-15-14(13)18-10-12-6-3-2-4-7-12/h2-9H,10H2,1H3,(H,16,17). The number of carbonyl (C=O) groups excluding carboxylic acids is 1. The van der Waals surface area contributed by atoms with Crippen LogP contribution < -0.4 is 10.1 Å². The van der Waals surface area contributed by atoms with E-state index in [-0.39, 0.29) is 5.91 Å². The summed E-state index contributed by atoms with van der Waals surface area (Å²) in [5, 5.41) is 2.68. The maximum Gasteiger partial charge on any atom is 0.238 e. The van der Waals surface area contributed by atoms with E-state index in [0.717, 1.165) is 5.56 Å². The van der Waals surface area contributed by atoms with E-state index in [1.165, 1.54) is 6.92 Å². The van der Waals surface area contributed by atoms with Gasteiger partial charge in [-0.25, -0.2) is 4.98 Å². The summed E-state index contributed by atoms with van der Waals surface area (Å²) in [7, 11) is 0. The highest BCUT2D eigenvalue weighted by Crippen LogP contribution is 2.21. The van der Waals surface area contributed by atoms with E-state index < -0.39 is 0 Å². The highest BCUT2D eigenvalue weighted by atomic mass is 16.5. The zero-order chi connectivity index (χ0) is 12.8. The van der Waals surface area contributed by atoms with Gasteiger partial charge in [0.05, 0.1) is 0 Å². The molecule has 0 saturated carbocycles. The molecule has 0 aliphatic heterocycles. The quantitative estimate of drug-likeness (QED) is 0.896. The third kappa shape index (κ3) is 3.31. The van der Waals surface area contributed by atoms with E-state index in [1.54, 1.807) is 18.3 Å². The van der Waals surface area contributed by atoms with E-state index >= 15 is 0 Å². The molecule has 4 nitrogen and oxygen atoms in total. The second-order valence-electron chi connectivity index (χ2n) is 3.81. The van der Waals surface area contributed by atoms with Crippen molar-refractivity contribution in [3.63, 3.8) is 0 Å². The van der Waals surface area contributed by atoms with Gasteiger partial charge in [0.1, 0.15) is 12.3 Å². The topological polar surface area (TPSA) is 51.2 Å². The number of amides is 1. The number of benzene rings is 1. The Balaban J connectivity index is 2.07. The van der Waals surface area contributed by atoms with Crippen LogP contribution in [0.15, 0.2) is 48.7 Å². The minimum absolute atomic E-state index is 0.146. The predicted octanol–water partition coefficient (Wildman–Crippen LogP) is 2.62. The first-order valence-corrected chi connectivity index (χ1v) is 5.65. The number of nitrogens with one attached hydrogen (secondary N) is 1. The molecule has 0 radical (unpaired) electrons. The number of anilines is 1. The molecular weight excluding hydrogens is 228 g/mol. The molecule has 1 N–H and O–H groups in total. The number of hydrogen-bond donors (Lipinski definition) is 1. The van der Waals surface area contributed by atoms with Gasteiger partial charge >= 0.3 is 0 Å². The molecule has 0 aliphatic carbocycles. The van der Waals surface area contributed by atoms with E-state index in [0.29, 0.717) is 18.2 Å². The zero-order valence-corrected chi connectivity index (χ0v) is 10.1. The number of hydrogen-bond acceptors (Lipinski definition) is 3. The second kappa shape index (κ2) is 5.82. The molecule has 0 aliphatic rings. The second-order valence-corrected chi connectivity index (χ2v) is 3.81. The van der Waals surface area contributed by atoms with E-state index in [4.69, 9.17) is 4.74 Å². The van der Waals surface area contributed by atoms with Crippen LogP contribution in [-0.4, -0.2) is 10.9 Å². The predicted molar refractivity (Wildman–Crippen MR) is 69.3 cm³/mol. The van der Waals surface area contributed by atoms with Gasteiger partial charge in [-0.3, -0.25) is 4.79 Å². The molecule has 0 fully saturated rings. The number of carbonyl (C=O) groups is 1. The molecule has 2 aromatic rings. The summed E-state index contributed by atoms with van der Waals surface area (Å²) >= 11 is 0. The number of rotatable bonds is 4. The maximum absolute atomic E-state index is 11.0. The molecule has 0 spiro atoms. The molecule has 0 unspecified atom stereocenters. The average Bonchev–Trinajstić information content (AvgIpc) is 2.38. The Kier molecular flexibility index (Phi) is 3.91. The van der Waals surface area contributed by atoms with Crippen LogP contribution in [0.1, 0.15) is 12.5 Å². The minimum Gasteiger partial charge on any atom is -0.471 e. The van der Waals surface area contributed by atoms with Gasteiger partial charge in [-0.2, -0.15) is 0 Å². The van der Waals surface area contributed by atoms with Gasteiger partial charge in [-0.1, -0.05) is 30.3 Å². The van der Waals surface area contributed by atoms with Crippen molar-refractivity contribution in [3.8, 4) is 5.88 Å². The summed E-state index contributed by atoms with van der Waals surface area (Å²) in [4.78, 5) is 15.2. The van der Waals surface area contributed by atoms with Crippen molar-refractivity contribution in [1.82, 2.24) is 4.98 Å². The van der Waals surface area contributed by atoms with Crippen LogP contribution in [0.2, 0.25) is 0 Å². The lowest BCUT2D eigenvalue weighted by Gasteiger charge is -2.10. The van der Waals surface area contributed by atoms with Crippen LogP contribution in [0.5, 0.6) is 5.88 Å². The normalized spacial score (nSPS) is 9.83. The van der Waals surface area contributed by atoms with Gasteiger partial charge in [0.2, 0.25) is 11.8 Å². The maximum atomic E-state index is 11.0. The van der Waals surface area contributed by atoms with Crippen LogP contribution in [0.3, 0.4) is 0 Å². The molecular formula is C14H14N2O2. The zero-order valence-electron chi connectivity index (χ0n) is 10.1. The molecule has 4 heteroatoms. The Labute approximate surface area is 106 Å². The average molecular weight is 242 g/mol. The van der Waals surface area contributed by atoms with E-state index in [9.17, 15) is 4.79 Å². The highest BCUT2D eigenvalue weighted by molar-refractivity contribution is 5.89. The first-order chi connectivity index (χ1) is 8.75. The van der Waals surface area contributed by atoms with Crippen LogP contribution >= 0.6 is 0 Å². The molecule has 92 valence electrons. The fourth-order valence-corrected chi connectivity index (χ4v) is 1.52. The molecule has 0 bridgehead atoms. The SMILES string of the molecule is CC(=O)Nc1cccnc1OCc1ccccc1. The summed E-state index contributed by atoms with van der Waals surface area (Å²) in [5.74, 6) is 0.282. The minimum atomic E-state index is -0.146. The molecule has 0 saturated heterocycles. The molecule has 1 heterocycles. The first-order valence-electron chi connectivity index (χ1n) is 5.65. The molecule has 2 rings (SSSR count). The Bertz CT molecular complexity index is 526. The summed E-state index contributed by atoms with van der Waals surface area (Å²) in [6, 6.07) is 13.3. The van der Waals surface area contributed by atoms with Crippen LogP contribution in [0, 0.1) is 0 Å². The lowest BCUT2D eigenvalue weighted by molar-refractivity contribution is -0.114. The highest BCUT2D eigenvalue weighted by Gasteiger charge is 2.05. The third-order valence-electron chi connectivity index (χ3n) is 2.30. The van der Waals surface area contributed by atoms with Gasteiger partial charge in [0.25, 0.3) is 0 Å². The van der Waals surface area contributed by atoms with Crippen molar-refractivity contribution in [2.75, 3.05) is 5.32 Å². The van der Waals surface area contributed by atoms with Gasteiger partial charge in [0, 0.05) is 13.1 Å².